The Labute approximate surface area is 132 Å². The van der Waals surface area contributed by atoms with Crippen molar-refractivity contribution in [3.05, 3.63) is 45.4 Å². The predicted octanol–water partition coefficient (Wildman–Crippen LogP) is 2.85. The Hall–Kier alpha value is -1.79. The number of urea groups is 1. The Kier molecular flexibility index (Phi) is 5.83. The van der Waals surface area contributed by atoms with Crippen LogP contribution in [0.4, 0.5) is 4.79 Å². The van der Waals surface area contributed by atoms with Crippen LogP contribution in [0.25, 0.3) is 0 Å². The first-order valence-electron chi connectivity index (χ1n) is 6.40. The molecule has 1 aromatic carbocycles. The van der Waals surface area contributed by atoms with E-state index in [2.05, 4.69) is 15.6 Å². The van der Waals surface area contributed by atoms with Gasteiger partial charge >= 0.3 is 6.03 Å². The van der Waals surface area contributed by atoms with Gasteiger partial charge in [-0.25, -0.2) is 9.78 Å². The number of aromatic nitrogens is 1. The smallest absolute Gasteiger partial charge is 0.315 e. The number of thiazole rings is 1. The summed E-state index contributed by atoms with van der Waals surface area (Å²) in [4.78, 5) is 15.9. The van der Waals surface area contributed by atoms with E-state index in [4.69, 9.17) is 16.3 Å². The summed E-state index contributed by atoms with van der Waals surface area (Å²) in [5.41, 5.74) is 3.59. The Bertz CT molecular complexity index is 590. The first-order chi connectivity index (χ1) is 10.2. The van der Waals surface area contributed by atoms with E-state index >= 15 is 0 Å². The van der Waals surface area contributed by atoms with Crippen molar-refractivity contribution in [2.75, 3.05) is 13.7 Å². The van der Waals surface area contributed by atoms with Gasteiger partial charge in [0.15, 0.2) is 0 Å². The van der Waals surface area contributed by atoms with E-state index in [9.17, 15) is 4.79 Å². The Morgan fingerprint density at radius 2 is 2.29 bits per heavy atom. The number of amides is 2. The number of benzene rings is 1. The molecule has 7 heteroatoms. The number of rotatable bonds is 6. The van der Waals surface area contributed by atoms with Gasteiger partial charge in [0.05, 0.1) is 18.3 Å². The van der Waals surface area contributed by atoms with Crippen molar-refractivity contribution >= 4 is 29.0 Å². The lowest BCUT2D eigenvalue weighted by atomic mass is 10.2. The molecule has 0 fully saturated rings. The van der Waals surface area contributed by atoms with Gasteiger partial charge in [0.1, 0.15) is 5.75 Å². The van der Waals surface area contributed by atoms with Crippen molar-refractivity contribution < 1.29 is 9.53 Å². The summed E-state index contributed by atoms with van der Waals surface area (Å²) in [5.74, 6) is 0.696. The molecule has 0 saturated carbocycles. The SMILES string of the molecule is COc1ccc(Cl)cc1CNC(=O)NCCc1cscn1. The molecule has 5 nitrogen and oxygen atoms in total. The molecule has 1 aromatic heterocycles. The van der Waals surface area contributed by atoms with Gasteiger partial charge in [-0.1, -0.05) is 11.6 Å². The largest absolute Gasteiger partial charge is 0.496 e. The summed E-state index contributed by atoms with van der Waals surface area (Å²) < 4.78 is 5.23. The van der Waals surface area contributed by atoms with E-state index in [-0.39, 0.29) is 6.03 Å². The number of hydrogen-bond donors (Lipinski definition) is 2. The van der Waals surface area contributed by atoms with Crippen LogP contribution in [0.1, 0.15) is 11.3 Å². The van der Waals surface area contributed by atoms with Gasteiger partial charge in [0.25, 0.3) is 0 Å². The van der Waals surface area contributed by atoms with Gasteiger partial charge in [0, 0.05) is 35.5 Å². The first kappa shape index (κ1) is 15.6. The van der Waals surface area contributed by atoms with Crippen molar-refractivity contribution in [1.29, 1.82) is 0 Å². The molecule has 0 unspecified atom stereocenters. The molecule has 2 aromatic rings. The Balaban J connectivity index is 1.77. The number of carbonyl (C=O) groups excluding carboxylic acids is 1. The molecule has 0 aliphatic heterocycles. The van der Waals surface area contributed by atoms with E-state index in [0.717, 1.165) is 17.7 Å². The van der Waals surface area contributed by atoms with Crippen LogP contribution in [0.15, 0.2) is 29.1 Å². The number of nitrogens with one attached hydrogen (secondary N) is 2. The maximum atomic E-state index is 11.7. The highest BCUT2D eigenvalue weighted by molar-refractivity contribution is 7.07. The minimum absolute atomic E-state index is 0.229. The van der Waals surface area contributed by atoms with Crippen LogP contribution < -0.4 is 15.4 Å². The average molecular weight is 326 g/mol. The van der Waals surface area contributed by atoms with Crippen molar-refractivity contribution in [3.63, 3.8) is 0 Å². The van der Waals surface area contributed by atoms with Crippen molar-refractivity contribution in [3.8, 4) is 5.75 Å². The van der Waals surface area contributed by atoms with Crippen LogP contribution in [0.5, 0.6) is 5.75 Å². The zero-order valence-electron chi connectivity index (χ0n) is 11.6. The first-order valence-corrected chi connectivity index (χ1v) is 7.72. The second kappa shape index (κ2) is 7.85. The molecule has 0 radical (unpaired) electrons. The number of hydrogen-bond acceptors (Lipinski definition) is 4. The molecule has 0 spiro atoms. The van der Waals surface area contributed by atoms with Crippen molar-refractivity contribution in [1.82, 2.24) is 15.6 Å². The van der Waals surface area contributed by atoms with Gasteiger partial charge in [-0.05, 0) is 18.2 Å². The summed E-state index contributed by atoms with van der Waals surface area (Å²) in [5, 5.41) is 8.14. The molecule has 1 heterocycles. The fourth-order valence-electron chi connectivity index (χ4n) is 1.79. The molecule has 0 saturated heterocycles. The van der Waals surface area contributed by atoms with Gasteiger partial charge < -0.3 is 15.4 Å². The minimum atomic E-state index is -0.229. The minimum Gasteiger partial charge on any atom is -0.496 e. The van der Waals surface area contributed by atoms with Crippen molar-refractivity contribution in [2.45, 2.75) is 13.0 Å². The zero-order valence-corrected chi connectivity index (χ0v) is 13.1. The molecular weight excluding hydrogens is 310 g/mol. The predicted molar refractivity (Wildman–Crippen MR) is 84.1 cm³/mol. The topological polar surface area (TPSA) is 63.2 Å². The standard InChI is InChI=1S/C14H16ClN3O2S/c1-20-13-3-2-11(15)6-10(13)7-17-14(19)16-5-4-12-8-21-9-18-12/h2-3,6,8-9H,4-5,7H2,1H3,(H2,16,17,19). The van der Waals surface area contributed by atoms with Crippen LogP contribution in [0.3, 0.4) is 0 Å². The van der Waals surface area contributed by atoms with Gasteiger partial charge in [-0.3, -0.25) is 0 Å². The third-order valence-corrected chi connectivity index (χ3v) is 3.70. The number of ether oxygens (including phenoxy) is 1. The molecule has 2 amide bonds. The van der Waals surface area contributed by atoms with Crippen LogP contribution in [-0.2, 0) is 13.0 Å². The summed E-state index contributed by atoms with van der Waals surface area (Å²) in [6.45, 7) is 0.897. The Morgan fingerprint density at radius 1 is 1.43 bits per heavy atom. The Morgan fingerprint density at radius 3 is 3.00 bits per heavy atom. The van der Waals surface area contributed by atoms with E-state index in [1.54, 1.807) is 42.2 Å². The lowest BCUT2D eigenvalue weighted by Crippen LogP contribution is -2.36. The molecule has 0 bridgehead atoms. The fourth-order valence-corrected chi connectivity index (χ4v) is 2.58. The van der Waals surface area contributed by atoms with Crippen LogP contribution >= 0.6 is 22.9 Å². The van der Waals surface area contributed by atoms with E-state index < -0.39 is 0 Å². The lowest BCUT2D eigenvalue weighted by molar-refractivity contribution is 0.240. The molecule has 0 atom stereocenters. The summed E-state index contributed by atoms with van der Waals surface area (Å²) in [6.07, 6.45) is 0.720. The second-order valence-electron chi connectivity index (χ2n) is 4.30. The summed E-state index contributed by atoms with van der Waals surface area (Å²) in [6, 6.07) is 5.07. The number of methoxy groups -OCH3 is 1. The van der Waals surface area contributed by atoms with E-state index in [1.165, 1.54) is 0 Å². The van der Waals surface area contributed by atoms with Crippen molar-refractivity contribution in [2.24, 2.45) is 0 Å². The molecule has 2 rings (SSSR count). The monoisotopic (exact) mass is 325 g/mol. The number of nitrogens with zero attached hydrogens (tertiary/aromatic N) is 1. The molecular formula is C14H16ClN3O2S. The van der Waals surface area contributed by atoms with Gasteiger partial charge in [0.2, 0.25) is 0 Å². The van der Waals surface area contributed by atoms with E-state index in [0.29, 0.717) is 23.9 Å². The van der Waals surface area contributed by atoms with Crippen LogP contribution in [-0.4, -0.2) is 24.7 Å². The van der Waals surface area contributed by atoms with Gasteiger partial charge in [-0.15, -0.1) is 11.3 Å². The van der Waals surface area contributed by atoms with Crippen LogP contribution in [0.2, 0.25) is 5.02 Å². The molecule has 0 aliphatic rings. The third kappa shape index (κ3) is 4.91. The highest BCUT2D eigenvalue weighted by Crippen LogP contribution is 2.22. The lowest BCUT2D eigenvalue weighted by Gasteiger charge is -2.11. The highest BCUT2D eigenvalue weighted by atomic mass is 35.5. The quantitative estimate of drug-likeness (QED) is 0.858. The molecule has 0 aliphatic carbocycles. The van der Waals surface area contributed by atoms with Gasteiger partial charge in [-0.2, -0.15) is 0 Å². The molecule has 112 valence electrons. The van der Waals surface area contributed by atoms with Crippen LogP contribution in [0, 0.1) is 0 Å². The molecule has 2 N–H and O–H groups in total. The fraction of sp³-hybridized carbons (Fsp3) is 0.286. The highest BCUT2D eigenvalue weighted by Gasteiger charge is 2.06. The second-order valence-corrected chi connectivity index (χ2v) is 5.45. The zero-order chi connectivity index (χ0) is 15.1. The van der Waals surface area contributed by atoms with E-state index in [1.807, 2.05) is 5.38 Å². The third-order valence-electron chi connectivity index (χ3n) is 2.83. The molecule has 21 heavy (non-hydrogen) atoms. The maximum Gasteiger partial charge on any atom is 0.315 e. The number of carbonyl (C=O) groups is 1. The maximum absolute atomic E-state index is 11.7. The normalized spacial score (nSPS) is 10.2. The summed E-state index contributed by atoms with van der Waals surface area (Å²) >= 11 is 7.49. The number of halogens is 1. The summed E-state index contributed by atoms with van der Waals surface area (Å²) in [7, 11) is 1.58. The average Bonchev–Trinajstić information content (AvgIpc) is 2.98.